The van der Waals surface area contributed by atoms with E-state index in [-0.39, 0.29) is 5.69 Å². The molecule has 0 N–H and O–H groups in total. The number of hydrogen-bond donors (Lipinski definition) is 0. The fourth-order valence-corrected chi connectivity index (χ4v) is 2.38. The van der Waals surface area contributed by atoms with E-state index in [0.717, 1.165) is 11.4 Å². The Balaban J connectivity index is 0.000000161. The highest BCUT2D eigenvalue weighted by Gasteiger charge is 2.13. The van der Waals surface area contributed by atoms with Gasteiger partial charge in [-0.15, -0.1) is 10.2 Å². The Labute approximate surface area is 158 Å². The van der Waals surface area contributed by atoms with E-state index in [1.54, 1.807) is 23.6 Å². The van der Waals surface area contributed by atoms with Crippen LogP contribution in [0.5, 0.6) is 0 Å². The molecular weight excluding hydrogens is 368 g/mol. The van der Waals surface area contributed by atoms with E-state index < -0.39 is 11.9 Å². The molecule has 4 aromatic rings. The number of nitrogens with zero attached hydrogens (tertiary/aromatic N) is 8. The minimum atomic E-state index is -0.461. The Bertz CT molecular complexity index is 1170. The average Bonchev–Trinajstić information content (AvgIpc) is 3.35. The van der Waals surface area contributed by atoms with Crippen LogP contribution in [0.15, 0.2) is 24.5 Å². The molecule has 28 heavy (non-hydrogen) atoms. The minimum absolute atomic E-state index is 0.264. The second kappa shape index (κ2) is 7.73. The smallest absolute Gasteiger partial charge is 0.356 e. The van der Waals surface area contributed by atoms with E-state index in [4.69, 9.17) is 0 Å². The molecule has 12 heteroatoms. The van der Waals surface area contributed by atoms with Crippen LogP contribution >= 0.6 is 0 Å². The van der Waals surface area contributed by atoms with Crippen LogP contribution in [0, 0.1) is 13.8 Å². The van der Waals surface area contributed by atoms with Crippen molar-refractivity contribution < 1.29 is 19.1 Å². The number of esters is 2. The summed E-state index contributed by atoms with van der Waals surface area (Å²) in [5.74, 6) is -0.914. The lowest BCUT2D eigenvalue weighted by Gasteiger charge is -2.02. The summed E-state index contributed by atoms with van der Waals surface area (Å²) in [6, 6.07) is 3.21. The maximum atomic E-state index is 11.3. The van der Waals surface area contributed by atoms with Gasteiger partial charge in [-0.05, 0) is 26.0 Å². The fourth-order valence-electron chi connectivity index (χ4n) is 2.38. The highest BCUT2D eigenvalue weighted by molar-refractivity contribution is 5.88. The molecule has 0 unspecified atom stereocenters. The molecule has 0 fully saturated rings. The molecular formula is C16H16N8O4. The van der Waals surface area contributed by atoms with Gasteiger partial charge in [-0.2, -0.15) is 9.03 Å². The molecule has 4 heterocycles. The van der Waals surface area contributed by atoms with Crippen molar-refractivity contribution in [3.05, 3.63) is 47.3 Å². The molecule has 4 rings (SSSR count). The second-order valence-electron chi connectivity index (χ2n) is 5.56. The molecule has 0 aliphatic carbocycles. The molecule has 12 nitrogen and oxygen atoms in total. The summed E-state index contributed by atoms with van der Waals surface area (Å²) >= 11 is 0. The van der Waals surface area contributed by atoms with Gasteiger partial charge < -0.3 is 9.47 Å². The topological polar surface area (TPSA) is 139 Å². The van der Waals surface area contributed by atoms with Crippen molar-refractivity contribution in [2.45, 2.75) is 13.8 Å². The van der Waals surface area contributed by atoms with Crippen molar-refractivity contribution in [2.75, 3.05) is 14.2 Å². The average molecular weight is 384 g/mol. The van der Waals surface area contributed by atoms with Gasteiger partial charge in [0.05, 0.1) is 26.6 Å². The maximum Gasteiger partial charge on any atom is 0.356 e. The lowest BCUT2D eigenvalue weighted by atomic mass is 10.3. The molecule has 144 valence electrons. The Morgan fingerprint density at radius 3 is 2.11 bits per heavy atom. The largest absolute Gasteiger partial charge is 0.464 e. The van der Waals surface area contributed by atoms with E-state index in [2.05, 4.69) is 40.1 Å². The standard InChI is InChI=1S/2C8H8N4O2/c1-5-3-6(8(13)14-2)10-7-4-9-11-12(5)7;1-5-3-6(8(13)14-2)12-7(10-5)4-9-11-12/h2*3-4H,1-2H3. The highest BCUT2D eigenvalue weighted by Crippen LogP contribution is 2.07. The number of hydrogen-bond acceptors (Lipinski definition) is 10. The predicted molar refractivity (Wildman–Crippen MR) is 93.7 cm³/mol. The highest BCUT2D eigenvalue weighted by atomic mass is 16.5. The molecule has 0 bridgehead atoms. The molecule has 0 aliphatic rings. The minimum Gasteiger partial charge on any atom is -0.464 e. The van der Waals surface area contributed by atoms with Gasteiger partial charge in [0.15, 0.2) is 22.7 Å². The Kier molecular flexibility index (Phi) is 5.20. The van der Waals surface area contributed by atoms with Gasteiger partial charge in [0, 0.05) is 11.4 Å². The summed E-state index contributed by atoms with van der Waals surface area (Å²) < 4.78 is 12.1. The molecule has 4 aromatic heterocycles. The zero-order valence-electron chi connectivity index (χ0n) is 15.5. The summed E-state index contributed by atoms with van der Waals surface area (Å²) in [5.41, 5.74) is 3.16. The monoisotopic (exact) mass is 384 g/mol. The predicted octanol–water partition coefficient (Wildman–Crippen LogP) is 0.439. The first-order valence-electron chi connectivity index (χ1n) is 7.97. The van der Waals surface area contributed by atoms with Crippen molar-refractivity contribution in [3.63, 3.8) is 0 Å². The first-order valence-corrected chi connectivity index (χ1v) is 7.97. The van der Waals surface area contributed by atoms with Crippen LogP contribution in [0.4, 0.5) is 0 Å². The van der Waals surface area contributed by atoms with Gasteiger partial charge in [-0.1, -0.05) is 10.4 Å². The summed E-state index contributed by atoms with van der Waals surface area (Å²) in [6.45, 7) is 3.61. The SMILES string of the molecule is COC(=O)c1cc(C)n2nncc2n1.COC(=O)c1cc(C)nc2cnnn12. The van der Waals surface area contributed by atoms with Crippen LogP contribution in [0.3, 0.4) is 0 Å². The molecule has 0 spiro atoms. The van der Waals surface area contributed by atoms with Gasteiger partial charge in [-0.25, -0.2) is 19.6 Å². The molecule has 0 aliphatic heterocycles. The molecule has 0 amide bonds. The fraction of sp³-hybridized carbons (Fsp3) is 0.250. The number of ether oxygens (including phenoxy) is 2. The molecule has 0 saturated carbocycles. The van der Waals surface area contributed by atoms with Crippen LogP contribution < -0.4 is 0 Å². The van der Waals surface area contributed by atoms with Crippen molar-refractivity contribution in [3.8, 4) is 0 Å². The Hall–Kier alpha value is -3.96. The quantitative estimate of drug-likeness (QED) is 0.447. The van der Waals surface area contributed by atoms with Gasteiger partial charge in [0.25, 0.3) is 0 Å². The van der Waals surface area contributed by atoms with Gasteiger partial charge >= 0.3 is 11.9 Å². The van der Waals surface area contributed by atoms with Crippen molar-refractivity contribution in [1.29, 1.82) is 0 Å². The Morgan fingerprint density at radius 1 is 0.857 bits per heavy atom. The number of carbonyl (C=O) groups is 2. The summed E-state index contributed by atoms with van der Waals surface area (Å²) in [5, 5.41) is 14.9. The van der Waals surface area contributed by atoms with Crippen LogP contribution in [-0.4, -0.2) is 65.8 Å². The van der Waals surface area contributed by atoms with Crippen LogP contribution in [0.2, 0.25) is 0 Å². The lowest BCUT2D eigenvalue weighted by molar-refractivity contribution is 0.0583. The van der Waals surface area contributed by atoms with Gasteiger partial charge in [-0.3, -0.25) is 0 Å². The Morgan fingerprint density at radius 2 is 1.46 bits per heavy atom. The van der Waals surface area contributed by atoms with Gasteiger partial charge in [0.2, 0.25) is 0 Å². The molecule has 0 radical (unpaired) electrons. The zero-order chi connectivity index (χ0) is 20.3. The van der Waals surface area contributed by atoms with E-state index in [0.29, 0.717) is 17.0 Å². The zero-order valence-corrected chi connectivity index (χ0v) is 15.5. The van der Waals surface area contributed by atoms with E-state index in [1.165, 1.54) is 31.1 Å². The van der Waals surface area contributed by atoms with Gasteiger partial charge in [0.1, 0.15) is 0 Å². The van der Waals surface area contributed by atoms with Crippen LogP contribution in [-0.2, 0) is 9.47 Å². The lowest BCUT2D eigenvalue weighted by Crippen LogP contribution is -2.10. The third kappa shape index (κ3) is 3.60. The van der Waals surface area contributed by atoms with Crippen molar-refractivity contribution in [2.24, 2.45) is 0 Å². The number of fused-ring (bicyclic) bond motifs is 2. The first-order chi connectivity index (χ1) is 13.4. The van der Waals surface area contributed by atoms with E-state index in [1.807, 2.05) is 6.92 Å². The van der Waals surface area contributed by atoms with Crippen LogP contribution in [0.1, 0.15) is 32.4 Å². The van der Waals surface area contributed by atoms with Crippen molar-refractivity contribution in [1.82, 2.24) is 39.6 Å². The summed E-state index contributed by atoms with van der Waals surface area (Å²) in [4.78, 5) is 30.7. The van der Waals surface area contributed by atoms with E-state index >= 15 is 0 Å². The maximum absolute atomic E-state index is 11.3. The molecule has 0 atom stereocenters. The first kappa shape index (κ1) is 18.8. The summed E-state index contributed by atoms with van der Waals surface area (Å²) in [7, 11) is 2.64. The van der Waals surface area contributed by atoms with E-state index in [9.17, 15) is 9.59 Å². The van der Waals surface area contributed by atoms with Crippen molar-refractivity contribution >= 4 is 23.2 Å². The van der Waals surface area contributed by atoms with Crippen LogP contribution in [0.25, 0.3) is 11.3 Å². The number of methoxy groups -OCH3 is 2. The molecule has 0 aromatic carbocycles. The summed E-state index contributed by atoms with van der Waals surface area (Å²) in [6.07, 6.45) is 2.97. The number of rotatable bonds is 2. The third-order valence-electron chi connectivity index (χ3n) is 3.63. The number of aryl methyl sites for hydroxylation is 2. The normalized spacial score (nSPS) is 10.4. The molecule has 0 saturated heterocycles. The number of aromatic nitrogens is 8. The second-order valence-corrected chi connectivity index (χ2v) is 5.56. The number of carbonyl (C=O) groups excluding carboxylic acids is 2. The third-order valence-corrected chi connectivity index (χ3v) is 3.63.